The number of piperidine rings is 1. The number of rotatable bonds is 2. The van der Waals surface area contributed by atoms with E-state index >= 15 is 0 Å². The quantitative estimate of drug-likeness (QED) is 0.668. The average Bonchev–Trinajstić information content (AvgIpc) is 2.03. The van der Waals surface area contributed by atoms with Crippen LogP contribution in [0.5, 0.6) is 0 Å². The molecule has 3 nitrogen and oxygen atoms in total. The van der Waals surface area contributed by atoms with Gasteiger partial charge in [-0.25, -0.2) is 0 Å². The van der Waals surface area contributed by atoms with Gasteiger partial charge in [0.1, 0.15) is 6.61 Å². The first-order valence-electron chi connectivity index (χ1n) is 4.16. The molecule has 1 unspecified atom stereocenters. The molecule has 1 aliphatic heterocycles. The van der Waals surface area contributed by atoms with E-state index in [2.05, 4.69) is 5.32 Å². The fourth-order valence-corrected chi connectivity index (χ4v) is 1.28. The first-order chi connectivity index (χ1) is 5.29. The highest BCUT2D eigenvalue weighted by atomic mass is 35.5. The second-order valence-corrected chi connectivity index (χ2v) is 2.95. The fraction of sp³-hybridized carbons (Fsp3) is 0.875. The highest BCUT2D eigenvalue weighted by Gasteiger charge is 2.12. The lowest BCUT2D eigenvalue weighted by Crippen LogP contribution is -2.37. The van der Waals surface area contributed by atoms with Crippen molar-refractivity contribution in [2.45, 2.75) is 32.2 Å². The minimum absolute atomic E-state index is 0. The summed E-state index contributed by atoms with van der Waals surface area (Å²) in [5.41, 5.74) is 0. The van der Waals surface area contributed by atoms with Gasteiger partial charge in [0.15, 0.2) is 0 Å². The van der Waals surface area contributed by atoms with Gasteiger partial charge < -0.3 is 10.1 Å². The molecule has 0 bridgehead atoms. The number of ether oxygens (including phenoxy) is 1. The van der Waals surface area contributed by atoms with Crippen molar-refractivity contribution in [1.82, 2.24) is 5.32 Å². The Morgan fingerprint density at radius 1 is 1.58 bits per heavy atom. The molecule has 12 heavy (non-hydrogen) atoms. The van der Waals surface area contributed by atoms with E-state index in [-0.39, 0.29) is 18.4 Å². The van der Waals surface area contributed by atoms with Gasteiger partial charge >= 0.3 is 5.97 Å². The van der Waals surface area contributed by atoms with Crippen LogP contribution in [-0.4, -0.2) is 25.2 Å². The van der Waals surface area contributed by atoms with Crippen LogP contribution in [0.2, 0.25) is 0 Å². The van der Waals surface area contributed by atoms with E-state index in [9.17, 15) is 4.79 Å². The zero-order chi connectivity index (χ0) is 8.10. The summed E-state index contributed by atoms with van der Waals surface area (Å²) in [6.07, 6.45) is 3.63. The number of carbonyl (C=O) groups is 1. The number of carbonyl (C=O) groups excluding carboxylic acids is 1. The van der Waals surface area contributed by atoms with E-state index in [0.29, 0.717) is 12.6 Å². The molecule has 0 amide bonds. The van der Waals surface area contributed by atoms with Crippen molar-refractivity contribution >= 4 is 18.4 Å². The first kappa shape index (κ1) is 11.7. The molecule has 1 aliphatic rings. The number of esters is 1. The van der Waals surface area contributed by atoms with E-state index in [1.807, 2.05) is 0 Å². The molecule has 1 rings (SSSR count). The molecule has 0 aromatic rings. The molecule has 1 saturated heterocycles. The van der Waals surface area contributed by atoms with E-state index in [4.69, 9.17) is 4.74 Å². The van der Waals surface area contributed by atoms with Crippen molar-refractivity contribution in [3.05, 3.63) is 0 Å². The van der Waals surface area contributed by atoms with Crippen LogP contribution in [0.1, 0.15) is 26.2 Å². The van der Waals surface area contributed by atoms with E-state index in [1.165, 1.54) is 19.8 Å². The molecule has 1 atom stereocenters. The molecule has 4 heteroatoms. The Morgan fingerprint density at radius 2 is 2.33 bits per heavy atom. The summed E-state index contributed by atoms with van der Waals surface area (Å²) < 4.78 is 4.88. The number of nitrogens with one attached hydrogen (secondary N) is 1. The Hall–Kier alpha value is -0.280. The molecule has 1 heterocycles. The van der Waals surface area contributed by atoms with Crippen LogP contribution >= 0.6 is 12.4 Å². The van der Waals surface area contributed by atoms with Crippen molar-refractivity contribution in [2.24, 2.45) is 0 Å². The van der Waals surface area contributed by atoms with Crippen molar-refractivity contribution < 1.29 is 9.53 Å². The molecular formula is C8H16ClNO2. The van der Waals surface area contributed by atoms with Gasteiger partial charge in [-0.15, -0.1) is 12.4 Å². The van der Waals surface area contributed by atoms with Crippen molar-refractivity contribution in [3.8, 4) is 0 Å². The zero-order valence-corrected chi connectivity index (χ0v) is 8.15. The Bertz CT molecular complexity index is 135. The Balaban J connectivity index is 0.00000121. The minimum Gasteiger partial charge on any atom is -0.464 e. The standard InChI is InChI=1S/C8H15NO2.ClH/c1-7(10)11-6-8-4-2-3-5-9-8;/h8-9H,2-6H2,1H3;1H. The van der Waals surface area contributed by atoms with Gasteiger partial charge in [0.2, 0.25) is 0 Å². The average molecular weight is 194 g/mol. The van der Waals surface area contributed by atoms with E-state index < -0.39 is 0 Å². The predicted molar refractivity (Wildman–Crippen MR) is 49.5 cm³/mol. The summed E-state index contributed by atoms with van der Waals surface area (Å²) in [5, 5.41) is 3.30. The maximum atomic E-state index is 10.4. The molecule has 0 spiro atoms. The summed E-state index contributed by atoms with van der Waals surface area (Å²) in [7, 11) is 0. The number of halogens is 1. The SMILES string of the molecule is CC(=O)OCC1CCCCN1.Cl. The molecule has 0 aliphatic carbocycles. The van der Waals surface area contributed by atoms with Gasteiger partial charge in [-0.1, -0.05) is 6.42 Å². The predicted octanol–water partition coefficient (Wildman–Crippen LogP) is 1.11. The van der Waals surface area contributed by atoms with Gasteiger partial charge in [0, 0.05) is 13.0 Å². The Kier molecular flexibility index (Phi) is 6.11. The summed E-state index contributed by atoms with van der Waals surface area (Å²) in [5.74, 6) is -0.183. The molecule has 0 aromatic heterocycles. The molecular weight excluding hydrogens is 178 g/mol. The fourth-order valence-electron chi connectivity index (χ4n) is 1.28. The molecule has 0 saturated carbocycles. The van der Waals surface area contributed by atoms with Gasteiger partial charge in [-0.2, -0.15) is 0 Å². The van der Waals surface area contributed by atoms with Gasteiger partial charge in [-0.05, 0) is 19.4 Å². The molecule has 0 radical (unpaired) electrons. The van der Waals surface area contributed by atoms with Crippen LogP contribution in [0, 0.1) is 0 Å². The van der Waals surface area contributed by atoms with Crippen molar-refractivity contribution in [1.29, 1.82) is 0 Å². The third-order valence-corrected chi connectivity index (χ3v) is 1.90. The number of hydrogen-bond donors (Lipinski definition) is 1. The Labute approximate surface area is 79.3 Å². The minimum atomic E-state index is -0.183. The largest absolute Gasteiger partial charge is 0.464 e. The van der Waals surface area contributed by atoms with Crippen LogP contribution in [0.25, 0.3) is 0 Å². The molecule has 0 aromatic carbocycles. The summed E-state index contributed by atoms with van der Waals surface area (Å²) in [6, 6.07) is 0.396. The van der Waals surface area contributed by atoms with E-state index in [1.54, 1.807) is 0 Å². The zero-order valence-electron chi connectivity index (χ0n) is 7.34. The second-order valence-electron chi connectivity index (χ2n) is 2.95. The normalized spacial score (nSPS) is 22.6. The summed E-state index contributed by atoms with van der Waals surface area (Å²) in [6.45, 7) is 3.05. The maximum absolute atomic E-state index is 10.4. The van der Waals surface area contributed by atoms with E-state index in [0.717, 1.165) is 13.0 Å². The lowest BCUT2D eigenvalue weighted by Gasteiger charge is -2.22. The molecule has 1 fully saturated rings. The van der Waals surface area contributed by atoms with Crippen LogP contribution in [-0.2, 0) is 9.53 Å². The highest BCUT2D eigenvalue weighted by Crippen LogP contribution is 2.06. The molecule has 72 valence electrons. The number of hydrogen-bond acceptors (Lipinski definition) is 3. The van der Waals surface area contributed by atoms with Gasteiger partial charge in [0.25, 0.3) is 0 Å². The highest BCUT2D eigenvalue weighted by molar-refractivity contribution is 5.85. The van der Waals surface area contributed by atoms with Crippen molar-refractivity contribution in [2.75, 3.05) is 13.2 Å². The Morgan fingerprint density at radius 3 is 2.83 bits per heavy atom. The van der Waals surface area contributed by atoms with Gasteiger partial charge in [-0.3, -0.25) is 4.79 Å². The monoisotopic (exact) mass is 193 g/mol. The van der Waals surface area contributed by atoms with Crippen LogP contribution in [0.4, 0.5) is 0 Å². The topological polar surface area (TPSA) is 38.3 Å². The molecule has 1 N–H and O–H groups in total. The maximum Gasteiger partial charge on any atom is 0.302 e. The summed E-state index contributed by atoms with van der Waals surface area (Å²) >= 11 is 0. The van der Waals surface area contributed by atoms with Crippen LogP contribution in [0.15, 0.2) is 0 Å². The summed E-state index contributed by atoms with van der Waals surface area (Å²) in [4.78, 5) is 10.4. The van der Waals surface area contributed by atoms with Crippen molar-refractivity contribution in [3.63, 3.8) is 0 Å². The van der Waals surface area contributed by atoms with Crippen LogP contribution in [0.3, 0.4) is 0 Å². The lowest BCUT2D eigenvalue weighted by molar-refractivity contribution is -0.141. The smallest absolute Gasteiger partial charge is 0.302 e. The first-order valence-corrected chi connectivity index (χ1v) is 4.16. The second kappa shape index (κ2) is 6.26. The van der Waals surface area contributed by atoms with Gasteiger partial charge in [0.05, 0.1) is 0 Å². The lowest BCUT2D eigenvalue weighted by atomic mass is 10.1. The van der Waals surface area contributed by atoms with Crippen LogP contribution < -0.4 is 5.32 Å². The third-order valence-electron chi connectivity index (χ3n) is 1.90. The third kappa shape index (κ3) is 4.57.